The zero-order valence-electron chi connectivity index (χ0n) is 15.5. The smallest absolute Gasteiger partial charge is 0.315 e. The van der Waals surface area contributed by atoms with Gasteiger partial charge in [0.2, 0.25) is 11.8 Å². The van der Waals surface area contributed by atoms with Crippen molar-refractivity contribution in [2.45, 2.75) is 19.0 Å². The van der Waals surface area contributed by atoms with E-state index in [9.17, 15) is 14.4 Å². The number of hydrogen-bond acceptors (Lipinski definition) is 4. The molecule has 1 heterocycles. The van der Waals surface area contributed by atoms with Gasteiger partial charge in [0, 0.05) is 18.7 Å². The van der Waals surface area contributed by atoms with Gasteiger partial charge >= 0.3 is 6.03 Å². The van der Waals surface area contributed by atoms with Crippen molar-refractivity contribution in [2.24, 2.45) is 5.73 Å². The molecule has 1 atom stereocenters. The van der Waals surface area contributed by atoms with Gasteiger partial charge in [0.25, 0.3) is 0 Å². The number of nitrogens with two attached hydrogens (primary N) is 1. The Hall–Kier alpha value is -3.55. The average Bonchev–Trinajstić information content (AvgIpc) is 3.06. The van der Waals surface area contributed by atoms with E-state index in [0.717, 1.165) is 5.56 Å². The summed E-state index contributed by atoms with van der Waals surface area (Å²) in [7, 11) is 1.55. The third-order valence-corrected chi connectivity index (χ3v) is 4.58. The summed E-state index contributed by atoms with van der Waals surface area (Å²) in [5.74, 6) is -0.0672. The second-order valence-corrected chi connectivity index (χ2v) is 6.39. The van der Waals surface area contributed by atoms with Gasteiger partial charge in [-0.3, -0.25) is 9.59 Å². The Morgan fingerprint density at radius 3 is 2.57 bits per heavy atom. The summed E-state index contributed by atoms with van der Waals surface area (Å²) in [6.45, 7) is 0.765. The van der Waals surface area contributed by atoms with Crippen molar-refractivity contribution < 1.29 is 19.1 Å². The number of nitrogens with one attached hydrogen (secondary N) is 2. The quantitative estimate of drug-likeness (QED) is 0.701. The third-order valence-electron chi connectivity index (χ3n) is 4.58. The molecule has 2 aromatic carbocycles. The number of anilines is 1. The Balaban J connectivity index is 1.55. The third kappa shape index (κ3) is 4.22. The van der Waals surface area contributed by atoms with E-state index in [2.05, 4.69) is 10.6 Å². The van der Waals surface area contributed by atoms with Gasteiger partial charge in [-0.05, 0) is 36.2 Å². The van der Waals surface area contributed by atoms with E-state index in [4.69, 9.17) is 10.5 Å². The van der Waals surface area contributed by atoms with Crippen LogP contribution in [0, 0.1) is 0 Å². The Morgan fingerprint density at radius 1 is 1.18 bits per heavy atom. The highest BCUT2D eigenvalue weighted by atomic mass is 16.5. The van der Waals surface area contributed by atoms with Crippen LogP contribution < -0.4 is 26.0 Å². The summed E-state index contributed by atoms with van der Waals surface area (Å²) < 4.78 is 5.31. The van der Waals surface area contributed by atoms with Gasteiger partial charge in [-0.25, -0.2) is 4.79 Å². The molecule has 0 radical (unpaired) electrons. The lowest BCUT2D eigenvalue weighted by Gasteiger charge is -2.19. The summed E-state index contributed by atoms with van der Waals surface area (Å²) in [5.41, 5.74) is 7.11. The number of carbonyl (C=O) groups excluding carboxylic acids is 3. The van der Waals surface area contributed by atoms with Crippen LogP contribution >= 0.6 is 0 Å². The van der Waals surface area contributed by atoms with Crippen molar-refractivity contribution in [1.29, 1.82) is 0 Å². The predicted molar refractivity (Wildman–Crippen MR) is 104 cm³/mol. The van der Waals surface area contributed by atoms with E-state index in [-0.39, 0.29) is 12.5 Å². The molecule has 1 fully saturated rings. The summed E-state index contributed by atoms with van der Waals surface area (Å²) in [5, 5.41) is 5.42. The van der Waals surface area contributed by atoms with E-state index in [0.29, 0.717) is 30.0 Å². The van der Waals surface area contributed by atoms with Gasteiger partial charge in [0.1, 0.15) is 11.8 Å². The standard InChI is InChI=1S/C20H22N4O4/c1-28-17-5-3-2-4-16(17)24-11-10-15(19(24)26)23-20(27)22-12-13-6-8-14(9-7-13)18(21)25/h2-9,15H,10-12H2,1H3,(H2,21,25)(H2,22,23,27). The number of nitrogens with zero attached hydrogens (tertiary/aromatic N) is 1. The number of rotatable bonds is 6. The maximum Gasteiger partial charge on any atom is 0.315 e. The van der Waals surface area contributed by atoms with Crippen LogP contribution in [0.1, 0.15) is 22.3 Å². The SMILES string of the molecule is COc1ccccc1N1CCC(NC(=O)NCc2ccc(C(N)=O)cc2)C1=O. The van der Waals surface area contributed by atoms with Gasteiger partial charge < -0.3 is 26.0 Å². The molecule has 0 saturated carbocycles. The molecule has 2 aromatic rings. The second-order valence-electron chi connectivity index (χ2n) is 6.39. The highest BCUT2D eigenvalue weighted by Gasteiger charge is 2.34. The first kappa shape index (κ1) is 19.2. The van der Waals surface area contributed by atoms with E-state index in [1.807, 2.05) is 18.2 Å². The van der Waals surface area contributed by atoms with Crippen LogP contribution in [0.5, 0.6) is 5.75 Å². The molecule has 0 spiro atoms. The molecule has 1 aliphatic rings. The number of hydrogen-bond donors (Lipinski definition) is 3. The number of primary amides is 1. The molecule has 4 N–H and O–H groups in total. The Morgan fingerprint density at radius 2 is 1.89 bits per heavy atom. The first-order chi connectivity index (χ1) is 13.5. The highest BCUT2D eigenvalue weighted by Crippen LogP contribution is 2.30. The molecule has 1 unspecified atom stereocenters. The fourth-order valence-electron chi connectivity index (χ4n) is 3.08. The highest BCUT2D eigenvalue weighted by molar-refractivity contribution is 6.02. The molecule has 0 aromatic heterocycles. The molecule has 3 rings (SSSR count). The van der Waals surface area contributed by atoms with Crippen LogP contribution in [0.25, 0.3) is 0 Å². The van der Waals surface area contributed by atoms with Crippen molar-refractivity contribution in [2.75, 3.05) is 18.6 Å². The van der Waals surface area contributed by atoms with Crippen LogP contribution in [0.3, 0.4) is 0 Å². The van der Waals surface area contributed by atoms with Gasteiger partial charge in [0.15, 0.2) is 0 Å². The molecule has 28 heavy (non-hydrogen) atoms. The molecule has 1 aliphatic heterocycles. The number of urea groups is 1. The zero-order chi connectivity index (χ0) is 20.1. The van der Waals surface area contributed by atoms with E-state index >= 15 is 0 Å². The number of methoxy groups -OCH3 is 1. The number of amides is 4. The van der Waals surface area contributed by atoms with Crippen LogP contribution in [-0.2, 0) is 11.3 Å². The van der Waals surface area contributed by atoms with Gasteiger partial charge in [-0.1, -0.05) is 24.3 Å². The van der Waals surface area contributed by atoms with Crippen molar-refractivity contribution >= 4 is 23.5 Å². The van der Waals surface area contributed by atoms with Crippen molar-refractivity contribution in [3.63, 3.8) is 0 Å². The van der Waals surface area contributed by atoms with Crippen molar-refractivity contribution in [3.8, 4) is 5.75 Å². The molecule has 0 bridgehead atoms. The summed E-state index contributed by atoms with van der Waals surface area (Å²) in [6, 6.07) is 12.9. The minimum Gasteiger partial charge on any atom is -0.495 e. The van der Waals surface area contributed by atoms with Crippen LogP contribution in [-0.4, -0.2) is 37.5 Å². The lowest BCUT2D eigenvalue weighted by Crippen LogP contribution is -2.46. The number of carbonyl (C=O) groups is 3. The Bertz CT molecular complexity index is 882. The first-order valence-corrected chi connectivity index (χ1v) is 8.87. The minimum absolute atomic E-state index is 0.175. The van der Waals surface area contributed by atoms with Crippen molar-refractivity contribution in [1.82, 2.24) is 10.6 Å². The van der Waals surface area contributed by atoms with Gasteiger partial charge in [0.05, 0.1) is 12.8 Å². The lowest BCUT2D eigenvalue weighted by atomic mass is 10.1. The number of benzene rings is 2. The summed E-state index contributed by atoms with van der Waals surface area (Å²) >= 11 is 0. The number of ether oxygens (including phenoxy) is 1. The largest absolute Gasteiger partial charge is 0.495 e. The minimum atomic E-state index is -0.595. The average molecular weight is 382 g/mol. The van der Waals surface area contributed by atoms with Crippen LogP contribution in [0.15, 0.2) is 48.5 Å². The zero-order valence-corrected chi connectivity index (χ0v) is 15.5. The van der Waals surface area contributed by atoms with Crippen LogP contribution in [0.4, 0.5) is 10.5 Å². The summed E-state index contributed by atoms with van der Waals surface area (Å²) in [4.78, 5) is 37.5. The molecular formula is C20H22N4O4. The Kier molecular flexibility index (Phi) is 5.78. The Labute approximate surface area is 162 Å². The molecule has 0 aliphatic carbocycles. The fourth-order valence-corrected chi connectivity index (χ4v) is 3.08. The molecule has 8 heteroatoms. The number of para-hydroxylation sites is 2. The normalized spacial score (nSPS) is 16.0. The lowest BCUT2D eigenvalue weighted by molar-refractivity contribution is -0.118. The molecule has 4 amide bonds. The topological polar surface area (TPSA) is 114 Å². The second kappa shape index (κ2) is 8.43. The monoisotopic (exact) mass is 382 g/mol. The van der Waals surface area contributed by atoms with Crippen LogP contribution in [0.2, 0.25) is 0 Å². The molecule has 146 valence electrons. The van der Waals surface area contributed by atoms with Gasteiger partial charge in [-0.15, -0.1) is 0 Å². The molecule has 8 nitrogen and oxygen atoms in total. The van der Waals surface area contributed by atoms with E-state index < -0.39 is 18.0 Å². The van der Waals surface area contributed by atoms with Crippen molar-refractivity contribution in [3.05, 3.63) is 59.7 Å². The van der Waals surface area contributed by atoms with Gasteiger partial charge in [-0.2, -0.15) is 0 Å². The maximum absolute atomic E-state index is 12.7. The first-order valence-electron chi connectivity index (χ1n) is 8.87. The van der Waals surface area contributed by atoms with E-state index in [1.54, 1.807) is 42.3 Å². The summed E-state index contributed by atoms with van der Waals surface area (Å²) in [6.07, 6.45) is 0.512. The predicted octanol–water partition coefficient (Wildman–Crippen LogP) is 1.40. The maximum atomic E-state index is 12.7. The molecular weight excluding hydrogens is 360 g/mol. The fraction of sp³-hybridized carbons (Fsp3) is 0.250. The van der Waals surface area contributed by atoms with E-state index in [1.165, 1.54) is 0 Å². The molecule has 1 saturated heterocycles.